The molecule has 0 N–H and O–H groups in total. The van der Waals surface area contributed by atoms with E-state index in [0.29, 0.717) is 6.61 Å². The van der Waals surface area contributed by atoms with Crippen LogP contribution in [0.5, 0.6) is 0 Å². The van der Waals surface area contributed by atoms with Crippen molar-refractivity contribution in [3.8, 4) is 0 Å². The fourth-order valence-electron chi connectivity index (χ4n) is 1.29. The summed E-state index contributed by atoms with van der Waals surface area (Å²) < 4.78 is 5.08. The van der Waals surface area contributed by atoms with Gasteiger partial charge in [0.25, 0.3) is 0 Å². The summed E-state index contributed by atoms with van der Waals surface area (Å²) in [5.41, 5.74) is 2.56. The number of aryl methyl sites for hydroxylation is 1. The number of methoxy groups -OCH3 is 1. The van der Waals surface area contributed by atoms with E-state index in [9.17, 15) is 0 Å². The molecule has 1 radical (unpaired) electrons. The van der Waals surface area contributed by atoms with Gasteiger partial charge in [-0.3, -0.25) is 0 Å². The van der Waals surface area contributed by atoms with Crippen molar-refractivity contribution in [2.45, 2.75) is 26.4 Å². The van der Waals surface area contributed by atoms with Crippen LogP contribution in [0.3, 0.4) is 0 Å². The monoisotopic (exact) mass is 163 g/mol. The Kier molecular flexibility index (Phi) is 3.81. The van der Waals surface area contributed by atoms with Gasteiger partial charge in [0.1, 0.15) is 0 Å². The van der Waals surface area contributed by atoms with E-state index in [1.165, 1.54) is 17.5 Å². The molecule has 0 aromatic heterocycles. The first-order chi connectivity index (χ1) is 5.88. The van der Waals surface area contributed by atoms with Crippen LogP contribution in [0.1, 0.15) is 24.5 Å². The Balaban J connectivity index is 2.77. The van der Waals surface area contributed by atoms with E-state index in [1.54, 1.807) is 7.11 Å². The summed E-state index contributed by atoms with van der Waals surface area (Å²) in [6, 6.07) is 9.31. The van der Waals surface area contributed by atoms with Gasteiger partial charge in [-0.25, -0.2) is 0 Å². The Bertz CT molecular complexity index is 205. The lowest BCUT2D eigenvalue weighted by Gasteiger charge is -2.05. The normalized spacial score (nSPS) is 10.2. The van der Waals surface area contributed by atoms with Crippen molar-refractivity contribution in [2.75, 3.05) is 7.11 Å². The molecule has 1 nitrogen and oxygen atoms in total. The third kappa shape index (κ3) is 2.35. The molecule has 0 aliphatic rings. The first-order valence-electron chi connectivity index (χ1n) is 4.36. The standard InChI is InChI=1S/C11H15O/c1-3-6-10-7-4-5-8-11(10)9-12-2/h4-5,7H,3,6,9H2,1-2H3. The highest BCUT2D eigenvalue weighted by Crippen LogP contribution is 2.10. The van der Waals surface area contributed by atoms with Crippen molar-refractivity contribution < 1.29 is 4.74 Å². The average molecular weight is 163 g/mol. The number of benzene rings is 1. The van der Waals surface area contributed by atoms with Crippen LogP contribution in [-0.4, -0.2) is 7.11 Å². The van der Waals surface area contributed by atoms with Crippen LogP contribution in [0.15, 0.2) is 18.2 Å². The maximum Gasteiger partial charge on any atom is 0.0721 e. The molecule has 1 rings (SSSR count). The second-order valence-electron chi connectivity index (χ2n) is 2.86. The molecule has 0 fully saturated rings. The summed E-state index contributed by atoms with van der Waals surface area (Å²) in [4.78, 5) is 0. The highest BCUT2D eigenvalue weighted by atomic mass is 16.5. The minimum absolute atomic E-state index is 0.677. The van der Waals surface area contributed by atoms with Crippen LogP contribution in [0.2, 0.25) is 0 Å². The molecule has 0 spiro atoms. The predicted octanol–water partition coefficient (Wildman–Crippen LogP) is 2.59. The third-order valence-corrected chi connectivity index (χ3v) is 1.85. The van der Waals surface area contributed by atoms with Gasteiger partial charge in [0.15, 0.2) is 0 Å². The summed E-state index contributed by atoms with van der Waals surface area (Å²) >= 11 is 0. The topological polar surface area (TPSA) is 9.23 Å². The van der Waals surface area contributed by atoms with E-state index < -0.39 is 0 Å². The van der Waals surface area contributed by atoms with Gasteiger partial charge in [0, 0.05) is 7.11 Å². The maximum absolute atomic E-state index is 5.08. The van der Waals surface area contributed by atoms with Gasteiger partial charge in [-0.05, 0) is 23.6 Å². The Morgan fingerprint density at radius 1 is 1.50 bits per heavy atom. The second kappa shape index (κ2) is 4.94. The van der Waals surface area contributed by atoms with E-state index in [4.69, 9.17) is 4.74 Å². The van der Waals surface area contributed by atoms with Crippen molar-refractivity contribution in [3.63, 3.8) is 0 Å². The average Bonchev–Trinajstić information content (AvgIpc) is 2.09. The van der Waals surface area contributed by atoms with Crippen molar-refractivity contribution >= 4 is 0 Å². The fourth-order valence-corrected chi connectivity index (χ4v) is 1.29. The first-order valence-corrected chi connectivity index (χ1v) is 4.36. The molecule has 1 aromatic carbocycles. The summed E-state index contributed by atoms with van der Waals surface area (Å²) in [6.07, 6.45) is 2.30. The predicted molar refractivity (Wildman–Crippen MR) is 50.0 cm³/mol. The Labute approximate surface area is 74.4 Å². The number of rotatable bonds is 4. The lowest BCUT2D eigenvalue weighted by Crippen LogP contribution is -1.95. The van der Waals surface area contributed by atoms with Gasteiger partial charge in [-0.15, -0.1) is 0 Å². The first kappa shape index (κ1) is 9.27. The van der Waals surface area contributed by atoms with Crippen molar-refractivity contribution in [2.24, 2.45) is 0 Å². The molecule has 0 atom stereocenters. The smallest absolute Gasteiger partial charge is 0.0721 e. The largest absolute Gasteiger partial charge is 0.380 e. The van der Waals surface area contributed by atoms with Gasteiger partial charge >= 0.3 is 0 Å². The van der Waals surface area contributed by atoms with Gasteiger partial charge in [-0.1, -0.05) is 31.5 Å². The van der Waals surface area contributed by atoms with Gasteiger partial charge in [0.05, 0.1) is 6.61 Å². The van der Waals surface area contributed by atoms with E-state index >= 15 is 0 Å². The molecule has 1 heteroatoms. The highest BCUT2D eigenvalue weighted by molar-refractivity contribution is 5.25. The summed E-state index contributed by atoms with van der Waals surface area (Å²) in [5, 5.41) is 0. The Morgan fingerprint density at radius 3 is 3.00 bits per heavy atom. The molecule has 0 amide bonds. The zero-order chi connectivity index (χ0) is 8.81. The van der Waals surface area contributed by atoms with Crippen molar-refractivity contribution in [1.29, 1.82) is 0 Å². The number of hydrogen-bond acceptors (Lipinski definition) is 1. The molecule has 0 bridgehead atoms. The second-order valence-corrected chi connectivity index (χ2v) is 2.86. The minimum atomic E-state index is 0.677. The maximum atomic E-state index is 5.08. The molecule has 12 heavy (non-hydrogen) atoms. The lowest BCUT2D eigenvalue weighted by atomic mass is 10.0. The fraction of sp³-hybridized carbons (Fsp3) is 0.455. The van der Waals surface area contributed by atoms with E-state index in [2.05, 4.69) is 19.1 Å². The minimum Gasteiger partial charge on any atom is -0.380 e. The molecule has 0 aliphatic carbocycles. The molecule has 0 saturated carbocycles. The molecule has 0 saturated heterocycles. The molecule has 0 heterocycles. The van der Waals surface area contributed by atoms with Crippen LogP contribution in [-0.2, 0) is 17.8 Å². The Morgan fingerprint density at radius 2 is 2.33 bits per heavy atom. The van der Waals surface area contributed by atoms with Crippen LogP contribution in [0.25, 0.3) is 0 Å². The number of ether oxygens (including phenoxy) is 1. The van der Waals surface area contributed by atoms with Crippen LogP contribution in [0, 0.1) is 6.07 Å². The zero-order valence-electron chi connectivity index (χ0n) is 7.76. The zero-order valence-corrected chi connectivity index (χ0v) is 7.76. The molecule has 0 unspecified atom stereocenters. The molecular formula is C11H15O. The van der Waals surface area contributed by atoms with Crippen molar-refractivity contribution in [3.05, 3.63) is 35.4 Å². The van der Waals surface area contributed by atoms with Crippen LogP contribution in [0.4, 0.5) is 0 Å². The SMILES string of the molecule is CCCc1ccc[c]c1COC. The number of hydrogen-bond donors (Lipinski definition) is 0. The van der Waals surface area contributed by atoms with Crippen LogP contribution < -0.4 is 0 Å². The molecule has 0 aliphatic heterocycles. The Hall–Kier alpha value is -0.820. The molecular weight excluding hydrogens is 148 g/mol. The van der Waals surface area contributed by atoms with Crippen LogP contribution >= 0.6 is 0 Å². The van der Waals surface area contributed by atoms with Gasteiger partial charge in [0.2, 0.25) is 0 Å². The van der Waals surface area contributed by atoms with E-state index in [0.717, 1.165) is 6.42 Å². The summed E-state index contributed by atoms with van der Waals surface area (Å²) in [7, 11) is 1.72. The van der Waals surface area contributed by atoms with E-state index in [1.807, 2.05) is 12.1 Å². The summed E-state index contributed by atoms with van der Waals surface area (Å²) in [5.74, 6) is 0. The van der Waals surface area contributed by atoms with E-state index in [-0.39, 0.29) is 0 Å². The third-order valence-electron chi connectivity index (χ3n) is 1.85. The summed E-state index contributed by atoms with van der Waals surface area (Å²) in [6.45, 7) is 2.86. The molecule has 65 valence electrons. The molecule has 1 aromatic rings. The van der Waals surface area contributed by atoms with Gasteiger partial charge < -0.3 is 4.74 Å². The quantitative estimate of drug-likeness (QED) is 0.663. The van der Waals surface area contributed by atoms with Gasteiger partial charge in [-0.2, -0.15) is 0 Å². The highest BCUT2D eigenvalue weighted by Gasteiger charge is 1.99. The van der Waals surface area contributed by atoms with Crippen molar-refractivity contribution in [1.82, 2.24) is 0 Å². The lowest BCUT2D eigenvalue weighted by molar-refractivity contribution is 0.184.